The first-order chi connectivity index (χ1) is 16.5. The van der Waals surface area contributed by atoms with Gasteiger partial charge in [0, 0.05) is 12.2 Å². The number of esters is 1. The number of fused-ring (bicyclic) bond motifs is 1. The summed E-state index contributed by atoms with van der Waals surface area (Å²) in [6, 6.07) is 8.72. The number of hydrogen-bond acceptors (Lipinski definition) is 9. The molecule has 0 fully saturated rings. The molecule has 0 saturated carbocycles. The molecular formula is C24H28N2O7S. The summed E-state index contributed by atoms with van der Waals surface area (Å²) in [5.41, 5.74) is 0.701. The van der Waals surface area contributed by atoms with Crippen LogP contribution in [0.3, 0.4) is 0 Å². The summed E-state index contributed by atoms with van der Waals surface area (Å²) in [4.78, 5) is 30.2. The fraction of sp³-hybridized carbons (Fsp3) is 0.375. The van der Waals surface area contributed by atoms with Gasteiger partial charge in [0.05, 0.1) is 46.1 Å². The maximum atomic E-state index is 13.7. The van der Waals surface area contributed by atoms with E-state index >= 15 is 0 Å². The van der Waals surface area contributed by atoms with Gasteiger partial charge in [0.2, 0.25) is 5.75 Å². The van der Waals surface area contributed by atoms with Gasteiger partial charge in [-0.1, -0.05) is 11.8 Å². The van der Waals surface area contributed by atoms with E-state index in [1.165, 1.54) is 37.7 Å². The Balaban J connectivity index is 2.15. The number of carbonyl (C=O) groups excluding carboxylic acids is 1. The summed E-state index contributed by atoms with van der Waals surface area (Å²) in [6.07, 6.45) is 0.860. The Bertz CT molecular complexity index is 1210. The summed E-state index contributed by atoms with van der Waals surface area (Å²) in [7, 11) is 6.05. The molecule has 0 spiro atoms. The largest absolute Gasteiger partial charge is 0.497 e. The third kappa shape index (κ3) is 5.22. The molecule has 9 nitrogen and oxygen atoms in total. The first-order valence-electron chi connectivity index (χ1n) is 10.7. The summed E-state index contributed by atoms with van der Waals surface area (Å²) in [5, 5.41) is 0.776. The summed E-state index contributed by atoms with van der Waals surface area (Å²) < 4.78 is 28.2. The molecule has 1 aromatic heterocycles. The first kappa shape index (κ1) is 25.2. The van der Waals surface area contributed by atoms with E-state index in [1.54, 1.807) is 44.4 Å². The fourth-order valence-corrected chi connectivity index (χ4v) is 4.38. The van der Waals surface area contributed by atoms with Crippen molar-refractivity contribution < 1.29 is 28.5 Å². The smallest absolute Gasteiger partial charge is 0.305 e. The molecule has 0 amide bonds. The van der Waals surface area contributed by atoms with Gasteiger partial charge in [0.1, 0.15) is 11.3 Å². The number of ether oxygens (including phenoxy) is 5. The lowest BCUT2D eigenvalue weighted by Gasteiger charge is -2.17. The predicted molar refractivity (Wildman–Crippen MR) is 130 cm³/mol. The van der Waals surface area contributed by atoms with E-state index in [9.17, 15) is 9.59 Å². The Hall–Kier alpha value is -3.40. The monoisotopic (exact) mass is 488 g/mol. The number of rotatable bonds is 11. The van der Waals surface area contributed by atoms with Crippen LogP contribution in [0.5, 0.6) is 23.0 Å². The molecule has 0 aliphatic heterocycles. The molecular weight excluding hydrogens is 460 g/mol. The Labute approximate surface area is 201 Å². The van der Waals surface area contributed by atoms with Crippen LogP contribution in [0.1, 0.15) is 19.8 Å². The summed E-state index contributed by atoms with van der Waals surface area (Å²) in [5.74, 6) is 2.00. The quantitative estimate of drug-likeness (QED) is 0.172. The lowest BCUT2D eigenvalue weighted by atomic mass is 10.2. The minimum Gasteiger partial charge on any atom is -0.497 e. The number of carbonyl (C=O) groups is 1. The van der Waals surface area contributed by atoms with Crippen LogP contribution in [0.15, 0.2) is 40.3 Å². The van der Waals surface area contributed by atoms with Crippen LogP contribution in [-0.2, 0) is 9.53 Å². The number of aromatic nitrogens is 2. The molecule has 34 heavy (non-hydrogen) atoms. The third-order valence-electron chi connectivity index (χ3n) is 5.03. The van der Waals surface area contributed by atoms with Gasteiger partial charge in [-0.3, -0.25) is 14.2 Å². The highest BCUT2D eigenvalue weighted by atomic mass is 32.2. The van der Waals surface area contributed by atoms with E-state index in [0.717, 1.165) is 0 Å². The van der Waals surface area contributed by atoms with Crippen molar-refractivity contribution >= 4 is 28.6 Å². The molecule has 0 aliphatic carbocycles. The van der Waals surface area contributed by atoms with Crippen molar-refractivity contribution in [1.29, 1.82) is 0 Å². The van der Waals surface area contributed by atoms with Crippen LogP contribution >= 0.6 is 11.8 Å². The van der Waals surface area contributed by atoms with Gasteiger partial charge in [0.25, 0.3) is 5.56 Å². The molecule has 0 N–H and O–H groups in total. The number of hydrogen-bond donors (Lipinski definition) is 0. The average Bonchev–Trinajstić information content (AvgIpc) is 2.86. The van der Waals surface area contributed by atoms with Crippen molar-refractivity contribution in [1.82, 2.24) is 9.55 Å². The molecule has 3 rings (SSSR count). The zero-order valence-corrected chi connectivity index (χ0v) is 20.7. The Morgan fingerprint density at radius 2 is 1.71 bits per heavy atom. The van der Waals surface area contributed by atoms with Gasteiger partial charge < -0.3 is 23.7 Å². The maximum Gasteiger partial charge on any atom is 0.305 e. The minimum absolute atomic E-state index is 0.249. The molecule has 0 bridgehead atoms. The normalized spacial score (nSPS) is 10.7. The molecule has 0 saturated heterocycles. The second kappa shape index (κ2) is 11.6. The highest BCUT2D eigenvalue weighted by Crippen LogP contribution is 2.42. The van der Waals surface area contributed by atoms with Crippen LogP contribution in [0.2, 0.25) is 0 Å². The van der Waals surface area contributed by atoms with E-state index < -0.39 is 0 Å². The number of nitrogens with zero attached hydrogens (tertiary/aromatic N) is 2. The predicted octanol–water partition coefficient (Wildman–Crippen LogP) is 3.86. The van der Waals surface area contributed by atoms with Crippen molar-refractivity contribution in [2.24, 2.45) is 0 Å². The maximum absolute atomic E-state index is 13.7. The van der Waals surface area contributed by atoms with Crippen LogP contribution in [0.25, 0.3) is 16.6 Å². The minimum atomic E-state index is -0.290. The van der Waals surface area contributed by atoms with E-state index in [2.05, 4.69) is 0 Å². The van der Waals surface area contributed by atoms with Crippen LogP contribution < -0.4 is 24.5 Å². The zero-order chi connectivity index (χ0) is 24.7. The summed E-state index contributed by atoms with van der Waals surface area (Å²) >= 11 is 1.37. The van der Waals surface area contributed by atoms with Gasteiger partial charge in [0.15, 0.2) is 16.7 Å². The Morgan fingerprint density at radius 1 is 1.00 bits per heavy atom. The number of thioether (sulfide) groups is 1. The van der Waals surface area contributed by atoms with Crippen LogP contribution in [0, 0.1) is 0 Å². The molecule has 1 heterocycles. The van der Waals surface area contributed by atoms with Crippen molar-refractivity contribution in [3.8, 4) is 28.7 Å². The van der Waals surface area contributed by atoms with Crippen molar-refractivity contribution in [3.63, 3.8) is 0 Å². The Morgan fingerprint density at radius 3 is 2.29 bits per heavy atom. The van der Waals surface area contributed by atoms with E-state index in [4.69, 9.17) is 28.7 Å². The molecule has 182 valence electrons. The first-order valence-corrected chi connectivity index (χ1v) is 11.7. The third-order valence-corrected chi connectivity index (χ3v) is 6.05. The lowest BCUT2D eigenvalue weighted by molar-refractivity contribution is -0.143. The molecule has 0 aliphatic rings. The van der Waals surface area contributed by atoms with E-state index in [0.29, 0.717) is 63.5 Å². The van der Waals surface area contributed by atoms with Crippen molar-refractivity contribution in [2.45, 2.75) is 24.9 Å². The summed E-state index contributed by atoms with van der Waals surface area (Å²) in [6.45, 7) is 2.12. The van der Waals surface area contributed by atoms with Gasteiger partial charge in [-0.2, -0.15) is 0 Å². The highest BCUT2D eigenvalue weighted by Gasteiger charge is 2.22. The van der Waals surface area contributed by atoms with Gasteiger partial charge >= 0.3 is 5.97 Å². The molecule has 0 atom stereocenters. The van der Waals surface area contributed by atoms with Gasteiger partial charge in [-0.25, -0.2) is 4.98 Å². The van der Waals surface area contributed by atoms with Gasteiger partial charge in [-0.15, -0.1) is 0 Å². The number of methoxy groups -OCH3 is 4. The molecule has 10 heteroatoms. The molecule has 3 aromatic rings. The average molecular weight is 489 g/mol. The number of benzene rings is 2. The van der Waals surface area contributed by atoms with Crippen LogP contribution in [0.4, 0.5) is 0 Å². The Kier molecular flexibility index (Phi) is 8.64. The van der Waals surface area contributed by atoms with E-state index in [-0.39, 0.29) is 17.9 Å². The fourth-order valence-electron chi connectivity index (χ4n) is 3.44. The van der Waals surface area contributed by atoms with Crippen LogP contribution in [-0.4, -0.2) is 56.3 Å². The van der Waals surface area contributed by atoms with E-state index in [1.807, 2.05) is 0 Å². The SMILES string of the molecule is CCOC(=O)CCCSc1nc2c(OC)c(OC)c(OC)cc2c(=O)n1-c1ccc(OC)cc1. The lowest BCUT2D eigenvalue weighted by Crippen LogP contribution is -2.22. The molecule has 2 aromatic carbocycles. The standard InChI is InChI=1S/C24H28N2O7S/c1-6-33-19(27)8-7-13-34-24-25-20-17(14-18(30-3)21(31-4)22(20)32-5)23(28)26(24)15-9-11-16(29-2)12-10-15/h9-12,14H,6-8,13H2,1-5H3. The van der Waals surface area contributed by atoms with Gasteiger partial charge in [-0.05, 0) is 43.7 Å². The zero-order valence-electron chi connectivity index (χ0n) is 19.9. The molecule has 0 unspecified atom stereocenters. The topological polar surface area (TPSA) is 98.1 Å². The molecule has 0 radical (unpaired) electrons. The second-order valence-corrected chi connectivity index (χ2v) is 8.09. The second-order valence-electron chi connectivity index (χ2n) is 7.03. The highest BCUT2D eigenvalue weighted by molar-refractivity contribution is 7.99. The van der Waals surface area contributed by atoms with Crippen molar-refractivity contribution in [3.05, 3.63) is 40.7 Å². The van der Waals surface area contributed by atoms with Crippen molar-refractivity contribution in [2.75, 3.05) is 40.8 Å².